The lowest BCUT2D eigenvalue weighted by Gasteiger charge is -2.27. The summed E-state index contributed by atoms with van der Waals surface area (Å²) in [5.74, 6) is 2.03. The van der Waals surface area contributed by atoms with Crippen molar-refractivity contribution in [1.29, 1.82) is 0 Å². The molecule has 12 nitrogen and oxygen atoms in total. The molecule has 2 amide bonds. The molecule has 6 heterocycles. The summed E-state index contributed by atoms with van der Waals surface area (Å²) in [7, 11) is 0. The number of ketones is 1. The largest absolute Gasteiger partial charge is 0.325 e. The van der Waals surface area contributed by atoms with E-state index < -0.39 is 6.04 Å². The first-order valence-corrected chi connectivity index (χ1v) is 17.5. The molecule has 2 saturated heterocycles. The number of nitrogens with one attached hydrogen (secondary N) is 1. The van der Waals surface area contributed by atoms with E-state index in [4.69, 9.17) is 0 Å². The summed E-state index contributed by atoms with van der Waals surface area (Å²) in [6, 6.07) is 4.86. The number of hydrogen-bond acceptors (Lipinski definition) is 9. The van der Waals surface area contributed by atoms with Crippen LogP contribution in [0.25, 0.3) is 22.2 Å². The van der Waals surface area contributed by atoms with Crippen LogP contribution in [-0.4, -0.2) is 88.8 Å². The van der Waals surface area contributed by atoms with Gasteiger partial charge in [0.1, 0.15) is 34.5 Å². The maximum atomic E-state index is 14.3. The van der Waals surface area contributed by atoms with E-state index in [1.807, 2.05) is 26.0 Å². The van der Waals surface area contributed by atoms with Crippen molar-refractivity contribution in [3.63, 3.8) is 0 Å². The summed E-state index contributed by atoms with van der Waals surface area (Å²) in [5, 5.41) is 8.23. The topological polar surface area (TPSA) is 139 Å². The second-order valence-electron chi connectivity index (χ2n) is 14.2. The summed E-state index contributed by atoms with van der Waals surface area (Å²) in [4.78, 5) is 63.1. The van der Waals surface area contributed by atoms with Gasteiger partial charge in [0.25, 0.3) is 0 Å². The lowest BCUT2D eigenvalue weighted by molar-refractivity contribution is -0.138. The Morgan fingerprint density at radius 2 is 1.77 bits per heavy atom. The van der Waals surface area contributed by atoms with Gasteiger partial charge >= 0.3 is 0 Å². The number of anilines is 1. The van der Waals surface area contributed by atoms with E-state index in [-0.39, 0.29) is 41.3 Å². The van der Waals surface area contributed by atoms with Gasteiger partial charge in [-0.05, 0) is 85.0 Å². The fourth-order valence-corrected chi connectivity index (χ4v) is 8.83. The van der Waals surface area contributed by atoms with Gasteiger partial charge in [0.2, 0.25) is 11.8 Å². The molecule has 5 atom stereocenters. The molecule has 1 N–H and O–H groups in total. The normalized spacial score (nSPS) is 26.1. The fraction of sp³-hybridized carbons (Fsp3) is 0.486. The number of carbonyl (C=O) groups is 3. The Bertz CT molecular complexity index is 1950. The van der Waals surface area contributed by atoms with Crippen LogP contribution in [0.5, 0.6) is 0 Å². The maximum absolute atomic E-state index is 14.3. The minimum Gasteiger partial charge on any atom is -0.325 e. The highest BCUT2D eigenvalue weighted by Crippen LogP contribution is 2.60. The van der Waals surface area contributed by atoms with Crippen molar-refractivity contribution in [3.8, 4) is 11.3 Å². The number of aryl methyl sites for hydroxylation is 2. The third-order valence-electron chi connectivity index (χ3n) is 11.0. The minimum atomic E-state index is -0.640. The summed E-state index contributed by atoms with van der Waals surface area (Å²) in [6.07, 6.45) is 10.5. The number of rotatable bonds is 8. The van der Waals surface area contributed by atoms with Crippen molar-refractivity contribution in [3.05, 3.63) is 58.5 Å². The van der Waals surface area contributed by atoms with Crippen LogP contribution in [0.15, 0.2) is 41.4 Å². The van der Waals surface area contributed by atoms with Gasteiger partial charge in [0, 0.05) is 61.4 Å². The quantitative estimate of drug-likeness (QED) is 0.205. The van der Waals surface area contributed by atoms with E-state index in [9.17, 15) is 14.4 Å². The van der Waals surface area contributed by atoms with E-state index in [1.54, 1.807) is 34.2 Å². The first-order chi connectivity index (χ1) is 23.1. The Kier molecular flexibility index (Phi) is 7.66. The van der Waals surface area contributed by atoms with Crippen LogP contribution in [0.3, 0.4) is 0 Å². The van der Waals surface area contributed by atoms with Crippen molar-refractivity contribution in [2.24, 2.45) is 17.3 Å². The SMILES string of the molecule is CC(=O)c1nn(CC(=O)N2C3C[C@]3(CN3C[C@H]4CCC[C@H]4C3)C[C@H]2C(=O)Nc2nc(Br)ccc2C)c2cnc(-c3cnc(C)nc3)cc12. The zero-order chi connectivity index (χ0) is 33.3. The van der Waals surface area contributed by atoms with Crippen LogP contribution >= 0.6 is 15.9 Å². The Morgan fingerprint density at radius 3 is 2.50 bits per heavy atom. The number of carbonyl (C=O) groups excluding carboxylic acids is 3. The molecule has 0 radical (unpaired) electrons. The Morgan fingerprint density at radius 1 is 1.02 bits per heavy atom. The van der Waals surface area contributed by atoms with Crippen LogP contribution in [0.4, 0.5) is 5.82 Å². The molecule has 0 aromatic carbocycles. The van der Waals surface area contributed by atoms with Gasteiger partial charge in [-0.25, -0.2) is 15.0 Å². The number of hydrogen-bond donors (Lipinski definition) is 1. The molecule has 48 heavy (non-hydrogen) atoms. The number of halogens is 1. The van der Waals surface area contributed by atoms with Crippen molar-refractivity contribution in [2.75, 3.05) is 25.0 Å². The zero-order valence-electron chi connectivity index (χ0n) is 27.3. The monoisotopic (exact) mass is 711 g/mol. The predicted molar refractivity (Wildman–Crippen MR) is 182 cm³/mol. The Labute approximate surface area is 286 Å². The number of piperidine rings is 1. The standard InChI is InChI=1S/C35H38BrN9O3/c1-19-7-8-30(36)40-33(19)41-34(48)27-10-35(18-43-15-22-5-4-6-23(22)16-43)11-29(35)45(27)31(47)17-44-28-14-39-26(24-12-37-21(3)38-13-24)9-25(28)32(42-44)20(2)46/h7-9,12-14,22-23,27,29H,4-6,10-11,15-18H2,1-3H3,(H,40,41,48)/t22-,23+,27-,29?,35-/m0/s1. The Balaban J connectivity index is 1.08. The third kappa shape index (κ3) is 5.50. The number of amides is 2. The van der Waals surface area contributed by atoms with Gasteiger partial charge in [0.15, 0.2) is 5.78 Å². The summed E-state index contributed by atoms with van der Waals surface area (Å²) < 4.78 is 2.18. The zero-order valence-corrected chi connectivity index (χ0v) is 28.9. The third-order valence-corrected chi connectivity index (χ3v) is 11.4. The molecular formula is C35H38BrN9O3. The molecule has 4 aliphatic rings. The molecule has 2 aliphatic carbocycles. The smallest absolute Gasteiger partial charge is 0.248 e. The molecule has 0 spiro atoms. The van der Waals surface area contributed by atoms with Crippen LogP contribution in [0.2, 0.25) is 0 Å². The van der Waals surface area contributed by atoms with Crippen LogP contribution in [0.1, 0.15) is 60.9 Å². The van der Waals surface area contributed by atoms with Crippen molar-refractivity contribution < 1.29 is 14.4 Å². The average molecular weight is 713 g/mol. The van der Waals surface area contributed by atoms with Crippen LogP contribution < -0.4 is 5.32 Å². The van der Waals surface area contributed by atoms with Gasteiger partial charge < -0.3 is 15.1 Å². The summed E-state index contributed by atoms with van der Waals surface area (Å²) >= 11 is 3.41. The lowest BCUT2D eigenvalue weighted by Crippen LogP contribution is -2.47. The second-order valence-corrected chi connectivity index (χ2v) is 15.0. The molecule has 248 valence electrons. The first-order valence-electron chi connectivity index (χ1n) is 16.7. The molecule has 2 aliphatic heterocycles. The molecular weight excluding hydrogens is 674 g/mol. The lowest BCUT2D eigenvalue weighted by atomic mass is 9.98. The van der Waals surface area contributed by atoms with Gasteiger partial charge in [-0.1, -0.05) is 12.5 Å². The van der Waals surface area contributed by atoms with E-state index >= 15 is 0 Å². The van der Waals surface area contributed by atoms with Gasteiger partial charge in [-0.15, -0.1) is 0 Å². The number of fused-ring (bicyclic) bond motifs is 3. The van der Waals surface area contributed by atoms with Gasteiger partial charge in [-0.3, -0.25) is 24.0 Å². The predicted octanol–water partition coefficient (Wildman–Crippen LogP) is 4.60. The minimum absolute atomic E-state index is 0.0295. The molecule has 4 fully saturated rings. The average Bonchev–Trinajstić information content (AvgIpc) is 3.46. The molecule has 13 heteroatoms. The van der Waals surface area contributed by atoms with Crippen molar-refractivity contribution in [1.82, 2.24) is 39.5 Å². The van der Waals surface area contributed by atoms with Gasteiger partial charge in [-0.2, -0.15) is 5.10 Å². The van der Waals surface area contributed by atoms with E-state index in [2.05, 4.69) is 51.2 Å². The Hall–Kier alpha value is -4.10. The molecule has 4 aromatic rings. The van der Waals surface area contributed by atoms with Crippen molar-refractivity contribution >= 4 is 50.2 Å². The van der Waals surface area contributed by atoms with E-state index in [1.165, 1.54) is 26.2 Å². The summed E-state index contributed by atoms with van der Waals surface area (Å²) in [6.45, 7) is 8.19. The second kappa shape index (κ2) is 11.8. The molecule has 0 bridgehead atoms. The molecule has 4 aromatic heterocycles. The van der Waals surface area contributed by atoms with E-state index in [0.29, 0.717) is 44.8 Å². The number of aromatic nitrogens is 6. The number of pyridine rings is 2. The molecule has 1 unspecified atom stereocenters. The summed E-state index contributed by atoms with van der Waals surface area (Å²) in [5.41, 5.74) is 2.90. The molecule has 8 rings (SSSR count). The number of Topliss-reactive ketones (excluding diaryl/α,β-unsaturated/α-hetero) is 1. The fourth-order valence-electron chi connectivity index (χ4n) is 8.52. The molecule has 2 saturated carbocycles. The van der Waals surface area contributed by atoms with Crippen LogP contribution in [0, 0.1) is 31.1 Å². The first kappa shape index (κ1) is 31.2. The van der Waals surface area contributed by atoms with Crippen LogP contribution in [-0.2, 0) is 16.1 Å². The van der Waals surface area contributed by atoms with Crippen molar-refractivity contribution in [2.45, 2.75) is 71.5 Å². The highest BCUT2D eigenvalue weighted by Gasteiger charge is 2.67. The number of likely N-dealkylation sites (tertiary alicyclic amines) is 2. The number of nitrogens with zero attached hydrogens (tertiary/aromatic N) is 8. The van der Waals surface area contributed by atoms with E-state index in [0.717, 1.165) is 43.5 Å². The van der Waals surface area contributed by atoms with Gasteiger partial charge in [0.05, 0.1) is 17.4 Å². The highest BCUT2D eigenvalue weighted by molar-refractivity contribution is 9.10. The maximum Gasteiger partial charge on any atom is 0.248 e. The highest BCUT2D eigenvalue weighted by atomic mass is 79.9.